The number of carbonyl (C=O) groups excluding carboxylic acids is 2. The van der Waals surface area contributed by atoms with Gasteiger partial charge in [-0.05, 0) is 24.1 Å². The van der Waals surface area contributed by atoms with E-state index in [1.165, 1.54) is 21.9 Å². The molecule has 0 aliphatic carbocycles. The Balaban J connectivity index is 2.13. The number of nitrogens with zero attached hydrogens (tertiary/aromatic N) is 2. The highest BCUT2D eigenvalue weighted by Gasteiger charge is 2.28. The maximum atomic E-state index is 14.5. The monoisotopic (exact) mass is 416 g/mol. The van der Waals surface area contributed by atoms with Crippen LogP contribution in [0.5, 0.6) is 0 Å². The summed E-state index contributed by atoms with van der Waals surface area (Å²) in [5.41, 5.74) is 5.91. The van der Waals surface area contributed by atoms with Crippen LogP contribution in [-0.4, -0.2) is 68.6 Å². The summed E-state index contributed by atoms with van der Waals surface area (Å²) in [6.45, 7) is 3.65. The Kier molecular flexibility index (Phi) is 8.42. The Morgan fingerprint density at radius 1 is 1.34 bits per heavy atom. The van der Waals surface area contributed by atoms with E-state index in [1.807, 2.05) is 13.8 Å². The van der Waals surface area contributed by atoms with E-state index in [-0.39, 0.29) is 49.4 Å². The van der Waals surface area contributed by atoms with Gasteiger partial charge in [-0.15, -0.1) is 0 Å². The maximum Gasteiger partial charge on any atom is 0.253 e. The van der Waals surface area contributed by atoms with Gasteiger partial charge in [0.15, 0.2) is 0 Å². The first kappa shape index (κ1) is 23.1. The molecule has 3 N–H and O–H groups in total. The molecule has 1 saturated heterocycles. The van der Waals surface area contributed by atoms with Gasteiger partial charge in [-0.1, -0.05) is 13.8 Å². The molecule has 0 spiro atoms. The predicted octanol–water partition coefficient (Wildman–Crippen LogP) is 1.68. The van der Waals surface area contributed by atoms with E-state index < -0.39 is 30.7 Å². The predicted molar refractivity (Wildman–Crippen MR) is 103 cm³/mol. The van der Waals surface area contributed by atoms with Gasteiger partial charge in [-0.25, -0.2) is 13.2 Å². The number of anilines is 2. The number of hydrogen-bond acceptors (Lipinski definition) is 5. The van der Waals surface area contributed by atoms with Crippen molar-refractivity contribution in [3.63, 3.8) is 0 Å². The smallest absolute Gasteiger partial charge is 0.253 e. The molecule has 1 atom stereocenters. The van der Waals surface area contributed by atoms with Crippen molar-refractivity contribution in [2.75, 3.05) is 49.6 Å². The lowest BCUT2D eigenvalue weighted by Gasteiger charge is -2.31. The van der Waals surface area contributed by atoms with Gasteiger partial charge in [0.1, 0.15) is 18.5 Å². The SMILES string of the molecule is CC(C)CN(CC(F)F)[C@H](CN)C(=O)Nc1ccc(N2CCOCC2=O)c(F)c1. The maximum absolute atomic E-state index is 14.5. The van der Waals surface area contributed by atoms with Gasteiger partial charge in [0.2, 0.25) is 5.91 Å². The minimum Gasteiger partial charge on any atom is -0.370 e. The normalized spacial score (nSPS) is 16.0. The Morgan fingerprint density at radius 3 is 2.62 bits per heavy atom. The van der Waals surface area contributed by atoms with Crippen LogP contribution in [0.15, 0.2) is 18.2 Å². The summed E-state index contributed by atoms with van der Waals surface area (Å²) < 4.78 is 45.4. The second-order valence-electron chi connectivity index (χ2n) is 7.24. The lowest BCUT2D eigenvalue weighted by molar-refractivity contribution is -0.125. The number of nitrogens with two attached hydrogens (primary N) is 1. The summed E-state index contributed by atoms with van der Waals surface area (Å²) in [6, 6.07) is 2.95. The number of halogens is 3. The van der Waals surface area contributed by atoms with Crippen LogP contribution in [0.2, 0.25) is 0 Å². The van der Waals surface area contributed by atoms with Crippen molar-refractivity contribution in [1.29, 1.82) is 0 Å². The summed E-state index contributed by atoms with van der Waals surface area (Å²) in [5, 5.41) is 2.53. The highest BCUT2D eigenvalue weighted by atomic mass is 19.3. The van der Waals surface area contributed by atoms with Gasteiger partial charge in [0.05, 0.1) is 18.8 Å². The largest absolute Gasteiger partial charge is 0.370 e. The van der Waals surface area contributed by atoms with Crippen molar-refractivity contribution >= 4 is 23.2 Å². The summed E-state index contributed by atoms with van der Waals surface area (Å²) in [4.78, 5) is 27.1. The number of hydrogen-bond donors (Lipinski definition) is 2. The number of rotatable bonds is 9. The summed E-state index contributed by atoms with van der Waals surface area (Å²) in [7, 11) is 0. The molecule has 0 radical (unpaired) electrons. The molecule has 1 aliphatic heterocycles. The average Bonchev–Trinajstić information content (AvgIpc) is 2.62. The molecule has 0 unspecified atom stereocenters. The zero-order chi connectivity index (χ0) is 21.6. The van der Waals surface area contributed by atoms with Crippen LogP contribution in [0.4, 0.5) is 24.5 Å². The summed E-state index contributed by atoms with van der Waals surface area (Å²) in [6.07, 6.45) is -2.61. The van der Waals surface area contributed by atoms with Crippen molar-refractivity contribution in [1.82, 2.24) is 4.90 Å². The Bertz CT molecular complexity index is 708. The van der Waals surface area contributed by atoms with Crippen molar-refractivity contribution in [3.8, 4) is 0 Å². The fraction of sp³-hybridized carbons (Fsp3) is 0.579. The lowest BCUT2D eigenvalue weighted by Crippen LogP contribution is -2.51. The second-order valence-corrected chi connectivity index (χ2v) is 7.24. The van der Waals surface area contributed by atoms with E-state index in [2.05, 4.69) is 5.32 Å². The summed E-state index contributed by atoms with van der Waals surface area (Å²) in [5.74, 6) is -1.58. The standard InChI is InChI=1S/C19H27F3N4O3/c1-12(2)9-25(10-17(21)22)16(8-23)19(28)24-13-3-4-15(14(20)7-13)26-5-6-29-11-18(26)27/h3-4,7,12,16-17H,5-6,8-11,23H2,1-2H3,(H,24,28)/t16-/m1/s1. The number of benzene rings is 1. The first-order valence-corrected chi connectivity index (χ1v) is 9.43. The number of carbonyl (C=O) groups is 2. The molecule has 1 aromatic carbocycles. The molecule has 0 aromatic heterocycles. The molecular formula is C19H27F3N4O3. The molecule has 0 bridgehead atoms. The van der Waals surface area contributed by atoms with E-state index in [4.69, 9.17) is 10.5 Å². The molecule has 1 aliphatic rings. The number of ether oxygens (including phenoxy) is 1. The highest BCUT2D eigenvalue weighted by Crippen LogP contribution is 2.24. The van der Waals surface area contributed by atoms with Gasteiger partial charge in [-0.2, -0.15) is 0 Å². The van der Waals surface area contributed by atoms with Gasteiger partial charge in [-0.3, -0.25) is 14.5 Å². The Morgan fingerprint density at radius 2 is 2.07 bits per heavy atom. The molecule has 1 heterocycles. The van der Waals surface area contributed by atoms with Crippen molar-refractivity contribution in [3.05, 3.63) is 24.0 Å². The number of morpholine rings is 1. The van der Waals surface area contributed by atoms with Gasteiger partial charge in [0.25, 0.3) is 12.3 Å². The zero-order valence-corrected chi connectivity index (χ0v) is 16.5. The topological polar surface area (TPSA) is 87.9 Å². The zero-order valence-electron chi connectivity index (χ0n) is 16.5. The molecule has 1 fully saturated rings. The molecule has 162 valence electrons. The van der Waals surface area contributed by atoms with Crippen LogP contribution in [0, 0.1) is 11.7 Å². The van der Waals surface area contributed by atoms with Crippen LogP contribution >= 0.6 is 0 Å². The fourth-order valence-electron chi connectivity index (χ4n) is 3.20. The molecule has 2 amide bonds. The third-order valence-electron chi connectivity index (χ3n) is 4.43. The van der Waals surface area contributed by atoms with Gasteiger partial charge >= 0.3 is 0 Å². The lowest BCUT2D eigenvalue weighted by atomic mass is 10.1. The van der Waals surface area contributed by atoms with Gasteiger partial charge in [0, 0.05) is 25.3 Å². The van der Waals surface area contributed by atoms with Crippen LogP contribution in [0.1, 0.15) is 13.8 Å². The van der Waals surface area contributed by atoms with Crippen molar-refractivity contribution in [2.24, 2.45) is 11.7 Å². The Labute approximate surface area is 168 Å². The van der Waals surface area contributed by atoms with Crippen LogP contribution in [0.25, 0.3) is 0 Å². The Hall–Kier alpha value is -2.17. The van der Waals surface area contributed by atoms with E-state index in [0.717, 1.165) is 6.07 Å². The quantitative estimate of drug-likeness (QED) is 0.640. The fourth-order valence-corrected chi connectivity index (χ4v) is 3.20. The highest BCUT2D eigenvalue weighted by molar-refractivity contribution is 5.97. The minimum absolute atomic E-state index is 0.0541. The van der Waals surface area contributed by atoms with E-state index >= 15 is 0 Å². The molecular weight excluding hydrogens is 389 g/mol. The third-order valence-corrected chi connectivity index (χ3v) is 4.43. The third kappa shape index (κ3) is 6.41. The molecule has 10 heteroatoms. The van der Waals surface area contributed by atoms with Crippen molar-refractivity contribution in [2.45, 2.75) is 26.3 Å². The van der Waals surface area contributed by atoms with Crippen LogP contribution in [-0.2, 0) is 14.3 Å². The number of nitrogens with one attached hydrogen (secondary N) is 1. The molecule has 2 rings (SSSR count). The van der Waals surface area contributed by atoms with Gasteiger partial charge < -0.3 is 20.7 Å². The molecule has 7 nitrogen and oxygen atoms in total. The van der Waals surface area contributed by atoms with Crippen molar-refractivity contribution < 1.29 is 27.5 Å². The molecule has 1 aromatic rings. The molecule has 29 heavy (non-hydrogen) atoms. The number of amides is 2. The summed E-state index contributed by atoms with van der Waals surface area (Å²) >= 11 is 0. The van der Waals surface area contributed by atoms with E-state index in [1.54, 1.807) is 0 Å². The van der Waals surface area contributed by atoms with Crippen LogP contribution < -0.4 is 16.0 Å². The molecule has 0 saturated carbocycles. The van der Waals surface area contributed by atoms with E-state index in [9.17, 15) is 22.8 Å². The number of alkyl halides is 2. The van der Waals surface area contributed by atoms with Crippen LogP contribution in [0.3, 0.4) is 0 Å². The first-order chi connectivity index (χ1) is 13.7. The minimum atomic E-state index is -2.61. The van der Waals surface area contributed by atoms with E-state index in [0.29, 0.717) is 6.61 Å². The second kappa shape index (κ2) is 10.6. The average molecular weight is 416 g/mol. The first-order valence-electron chi connectivity index (χ1n) is 9.43.